The minimum atomic E-state index is -0.482. The fourth-order valence-corrected chi connectivity index (χ4v) is 2.49. The van der Waals surface area contributed by atoms with Crippen LogP contribution >= 0.6 is 35.6 Å². The van der Waals surface area contributed by atoms with E-state index in [0.29, 0.717) is 16.5 Å². The highest BCUT2D eigenvalue weighted by molar-refractivity contribution is 6.36. The molecule has 0 aliphatic heterocycles. The summed E-state index contributed by atoms with van der Waals surface area (Å²) in [5.41, 5.74) is 6.76. The second-order valence-electron chi connectivity index (χ2n) is 5.23. The van der Waals surface area contributed by atoms with Crippen molar-refractivity contribution in [3.8, 4) is 0 Å². The van der Waals surface area contributed by atoms with Crippen molar-refractivity contribution < 1.29 is 4.79 Å². The molecule has 1 aromatic carbocycles. The maximum atomic E-state index is 12.0. The lowest BCUT2D eigenvalue weighted by Crippen LogP contribution is -2.48. The van der Waals surface area contributed by atoms with Crippen LogP contribution < -0.4 is 11.1 Å². The van der Waals surface area contributed by atoms with E-state index in [-0.39, 0.29) is 30.3 Å². The quantitative estimate of drug-likeness (QED) is 0.816. The van der Waals surface area contributed by atoms with E-state index in [0.717, 1.165) is 12.0 Å². The van der Waals surface area contributed by atoms with Gasteiger partial charge in [-0.15, -0.1) is 12.4 Å². The zero-order chi connectivity index (χ0) is 15.3. The number of hydrogen-bond donors (Lipinski definition) is 2. The molecule has 0 aromatic heterocycles. The number of rotatable bonds is 6. The third-order valence-electron chi connectivity index (χ3n) is 3.52. The summed E-state index contributed by atoms with van der Waals surface area (Å²) in [5, 5.41) is 4.15. The molecule has 1 aromatic rings. The van der Waals surface area contributed by atoms with Gasteiger partial charge in [-0.25, -0.2) is 0 Å². The van der Waals surface area contributed by atoms with Crippen LogP contribution in [0.4, 0.5) is 0 Å². The molecule has 3 N–H and O–H groups in total. The highest BCUT2D eigenvalue weighted by atomic mass is 35.5. The van der Waals surface area contributed by atoms with Gasteiger partial charge in [0.15, 0.2) is 0 Å². The molecular formula is C15H23Cl3N2O. The Hall–Kier alpha value is -0.480. The molecule has 21 heavy (non-hydrogen) atoms. The second kappa shape index (κ2) is 9.52. The molecule has 120 valence electrons. The van der Waals surface area contributed by atoms with Gasteiger partial charge in [0.05, 0.1) is 6.04 Å². The van der Waals surface area contributed by atoms with Crippen LogP contribution in [0.25, 0.3) is 0 Å². The average Bonchev–Trinajstić information content (AvgIpc) is 2.41. The zero-order valence-corrected chi connectivity index (χ0v) is 14.9. The van der Waals surface area contributed by atoms with Crippen molar-refractivity contribution in [2.45, 2.75) is 45.7 Å². The molecule has 0 saturated heterocycles. The van der Waals surface area contributed by atoms with Gasteiger partial charge in [-0.2, -0.15) is 0 Å². The van der Waals surface area contributed by atoms with E-state index in [2.05, 4.69) is 5.32 Å². The number of carbonyl (C=O) groups is 1. The first-order valence-electron chi connectivity index (χ1n) is 6.85. The Morgan fingerprint density at radius 1 is 1.29 bits per heavy atom. The summed E-state index contributed by atoms with van der Waals surface area (Å²) in [6.07, 6.45) is 1.46. The Morgan fingerprint density at radius 2 is 1.81 bits per heavy atom. The number of hydrogen-bond acceptors (Lipinski definition) is 2. The van der Waals surface area contributed by atoms with Crippen LogP contribution in [0.15, 0.2) is 18.2 Å². The lowest BCUT2D eigenvalue weighted by Gasteiger charge is -2.21. The fraction of sp³-hybridized carbons (Fsp3) is 0.533. The molecule has 0 fully saturated rings. The Bertz CT molecular complexity index is 448. The number of amides is 1. The molecule has 0 heterocycles. The first kappa shape index (κ1) is 20.5. The maximum Gasteiger partial charge on any atom is 0.237 e. The van der Waals surface area contributed by atoms with Crippen molar-refractivity contribution in [2.24, 2.45) is 11.7 Å². The molecule has 0 radical (unpaired) electrons. The van der Waals surface area contributed by atoms with Crippen LogP contribution in [0, 0.1) is 5.92 Å². The van der Waals surface area contributed by atoms with E-state index < -0.39 is 6.04 Å². The summed E-state index contributed by atoms with van der Waals surface area (Å²) in [4.78, 5) is 12.0. The number of nitrogens with two attached hydrogens (primary N) is 1. The summed E-state index contributed by atoms with van der Waals surface area (Å²) in [5.74, 6) is 0.0288. The number of nitrogens with one attached hydrogen (secondary N) is 1. The van der Waals surface area contributed by atoms with Gasteiger partial charge in [0.25, 0.3) is 0 Å². The summed E-state index contributed by atoms with van der Waals surface area (Å²) >= 11 is 12.2. The third kappa shape index (κ3) is 6.03. The van der Waals surface area contributed by atoms with Crippen LogP contribution in [0.3, 0.4) is 0 Å². The highest BCUT2D eigenvalue weighted by Crippen LogP contribution is 2.25. The Kier molecular flexibility index (Phi) is 9.30. The molecule has 1 amide bonds. The molecular weight excluding hydrogens is 331 g/mol. The van der Waals surface area contributed by atoms with Crippen LogP contribution in [0.2, 0.25) is 10.0 Å². The van der Waals surface area contributed by atoms with Gasteiger partial charge in [0, 0.05) is 16.1 Å². The Labute approximate surface area is 143 Å². The van der Waals surface area contributed by atoms with Gasteiger partial charge in [-0.1, -0.05) is 49.5 Å². The lowest BCUT2D eigenvalue weighted by atomic mass is 9.98. The summed E-state index contributed by atoms with van der Waals surface area (Å²) in [6, 6.07) is 4.83. The largest absolute Gasteiger partial charge is 0.352 e. The van der Waals surface area contributed by atoms with Gasteiger partial charge in [0.1, 0.15) is 0 Å². The van der Waals surface area contributed by atoms with E-state index in [9.17, 15) is 4.79 Å². The van der Waals surface area contributed by atoms with E-state index in [1.165, 1.54) is 0 Å². The highest BCUT2D eigenvalue weighted by Gasteiger charge is 2.21. The van der Waals surface area contributed by atoms with Gasteiger partial charge in [0.2, 0.25) is 5.91 Å². The van der Waals surface area contributed by atoms with Gasteiger partial charge in [-0.3, -0.25) is 4.79 Å². The Balaban J connectivity index is 0.00000400. The van der Waals surface area contributed by atoms with E-state index in [1.807, 2.05) is 20.8 Å². The van der Waals surface area contributed by atoms with Crippen molar-refractivity contribution in [1.29, 1.82) is 0 Å². The van der Waals surface area contributed by atoms with E-state index in [4.69, 9.17) is 28.9 Å². The SMILES string of the molecule is CCC(C)C(N)C(=O)NC(C)Cc1c(Cl)cccc1Cl.Cl. The predicted octanol–water partition coefficient (Wildman–Crippen LogP) is 3.84. The topological polar surface area (TPSA) is 55.1 Å². The third-order valence-corrected chi connectivity index (χ3v) is 4.23. The maximum absolute atomic E-state index is 12.0. The zero-order valence-electron chi connectivity index (χ0n) is 12.5. The van der Waals surface area contributed by atoms with Crippen LogP contribution in [0.1, 0.15) is 32.8 Å². The second-order valence-corrected chi connectivity index (χ2v) is 6.04. The normalized spacial score (nSPS) is 14.8. The molecule has 0 spiro atoms. The molecule has 6 heteroatoms. The summed E-state index contributed by atoms with van der Waals surface area (Å²) < 4.78 is 0. The van der Waals surface area contributed by atoms with Gasteiger partial charge < -0.3 is 11.1 Å². The molecule has 0 aliphatic rings. The molecule has 3 nitrogen and oxygen atoms in total. The van der Waals surface area contributed by atoms with Crippen LogP contribution in [-0.4, -0.2) is 18.0 Å². The minimum Gasteiger partial charge on any atom is -0.352 e. The van der Waals surface area contributed by atoms with E-state index in [1.54, 1.807) is 18.2 Å². The van der Waals surface area contributed by atoms with Crippen molar-refractivity contribution in [2.75, 3.05) is 0 Å². The Morgan fingerprint density at radius 3 is 2.29 bits per heavy atom. The minimum absolute atomic E-state index is 0. The summed E-state index contributed by atoms with van der Waals surface area (Å²) in [7, 11) is 0. The molecule has 0 saturated carbocycles. The van der Waals surface area contributed by atoms with Crippen molar-refractivity contribution in [3.05, 3.63) is 33.8 Å². The van der Waals surface area contributed by atoms with E-state index >= 15 is 0 Å². The monoisotopic (exact) mass is 352 g/mol. The smallest absolute Gasteiger partial charge is 0.237 e. The van der Waals surface area contributed by atoms with Crippen molar-refractivity contribution >= 4 is 41.5 Å². The lowest BCUT2D eigenvalue weighted by molar-refractivity contribution is -0.124. The van der Waals surface area contributed by atoms with Gasteiger partial charge in [-0.05, 0) is 37.0 Å². The molecule has 3 unspecified atom stereocenters. The number of benzene rings is 1. The number of carbonyl (C=O) groups excluding carboxylic acids is 1. The first-order valence-corrected chi connectivity index (χ1v) is 7.61. The van der Waals surface area contributed by atoms with Gasteiger partial charge >= 0.3 is 0 Å². The van der Waals surface area contributed by atoms with Crippen LogP contribution in [0.5, 0.6) is 0 Å². The molecule has 0 bridgehead atoms. The average molecular weight is 354 g/mol. The molecule has 1 rings (SSSR count). The van der Waals surface area contributed by atoms with Crippen molar-refractivity contribution in [3.63, 3.8) is 0 Å². The van der Waals surface area contributed by atoms with Crippen molar-refractivity contribution in [1.82, 2.24) is 5.32 Å². The summed E-state index contributed by atoms with van der Waals surface area (Å²) in [6.45, 7) is 5.91. The number of halogens is 3. The van der Waals surface area contributed by atoms with Crippen LogP contribution in [-0.2, 0) is 11.2 Å². The predicted molar refractivity (Wildman–Crippen MR) is 92.4 cm³/mol. The fourth-order valence-electron chi connectivity index (χ4n) is 1.94. The molecule has 3 atom stereocenters. The standard InChI is InChI=1S/C15H22Cl2N2O.ClH/c1-4-9(2)14(18)15(20)19-10(3)8-11-12(16)6-5-7-13(11)17;/h5-7,9-10,14H,4,8,18H2,1-3H3,(H,19,20);1H. The molecule has 0 aliphatic carbocycles. The first-order chi connectivity index (χ1) is 9.36.